The number of nitrogens with one attached hydrogen (secondary N) is 2. The summed E-state index contributed by atoms with van der Waals surface area (Å²) in [5.74, 6) is 2.97. The Kier molecular flexibility index (Phi) is 10.6. The largest absolute Gasteiger partial charge is 0.492 e. The second-order valence-corrected chi connectivity index (χ2v) is 15.4. The molecule has 3 aromatic heterocycles. The number of benzene rings is 2. The standard InChI is InChI=1S/C41H53N9O3/c1-7-47(6)23-24-52-30-15-12-14-29(25-30)50-38(26-36(46-50)41(3,4)5)43-39(51)42-34-19-20-35(33-17-9-8-16-32(33)34)53-31-18-21-37-44-45-40(49(37)27-31)48-22-11-10-13-28(48)2/h8-9,12,14-18,21,25-28,34-35H,7,10-11,13,19-20,22-24H2,1-6H3,(H2,42,43,51)/t28-,34-,35+/m0/s1. The van der Waals surface area contributed by atoms with Crippen molar-refractivity contribution in [3.63, 3.8) is 0 Å². The fourth-order valence-electron chi connectivity index (χ4n) is 7.23. The smallest absolute Gasteiger partial charge is 0.320 e. The van der Waals surface area contributed by atoms with Crippen LogP contribution < -0.4 is 25.0 Å². The fraction of sp³-hybridized carbons (Fsp3) is 0.463. The maximum absolute atomic E-state index is 13.7. The summed E-state index contributed by atoms with van der Waals surface area (Å²) in [6, 6.07) is 21.9. The van der Waals surface area contributed by atoms with E-state index in [1.54, 1.807) is 4.68 Å². The Balaban J connectivity index is 1.06. The lowest BCUT2D eigenvalue weighted by Gasteiger charge is -2.33. The predicted molar refractivity (Wildman–Crippen MR) is 209 cm³/mol. The summed E-state index contributed by atoms with van der Waals surface area (Å²) in [5.41, 5.74) is 4.38. The van der Waals surface area contributed by atoms with E-state index in [1.807, 2.05) is 65.2 Å². The summed E-state index contributed by atoms with van der Waals surface area (Å²) < 4.78 is 16.6. The Bertz CT molecular complexity index is 2030. The third-order valence-electron chi connectivity index (χ3n) is 10.5. The number of anilines is 2. The number of amides is 2. The number of nitrogens with zero attached hydrogens (tertiary/aromatic N) is 7. The number of urea groups is 1. The molecule has 0 unspecified atom stereocenters. The van der Waals surface area contributed by atoms with Gasteiger partial charge in [0.05, 0.1) is 23.6 Å². The van der Waals surface area contributed by atoms with Gasteiger partial charge in [-0.25, -0.2) is 9.48 Å². The van der Waals surface area contributed by atoms with Gasteiger partial charge in [0, 0.05) is 36.7 Å². The van der Waals surface area contributed by atoms with Crippen LogP contribution in [-0.2, 0) is 5.41 Å². The van der Waals surface area contributed by atoms with Crippen LogP contribution in [0.2, 0.25) is 0 Å². The van der Waals surface area contributed by atoms with Crippen LogP contribution in [0.3, 0.4) is 0 Å². The molecule has 4 heterocycles. The minimum atomic E-state index is -0.293. The Labute approximate surface area is 312 Å². The average molecular weight is 720 g/mol. The molecule has 2 N–H and O–H groups in total. The van der Waals surface area contributed by atoms with Crippen LogP contribution in [-0.4, -0.2) is 74.6 Å². The van der Waals surface area contributed by atoms with Gasteiger partial charge in [-0.3, -0.25) is 9.72 Å². The van der Waals surface area contributed by atoms with E-state index in [0.29, 0.717) is 18.5 Å². The molecule has 0 bridgehead atoms. The number of ether oxygens (including phenoxy) is 2. The van der Waals surface area contributed by atoms with Gasteiger partial charge in [0.2, 0.25) is 5.95 Å². The van der Waals surface area contributed by atoms with Crippen LogP contribution in [0.5, 0.6) is 11.5 Å². The van der Waals surface area contributed by atoms with E-state index in [1.165, 1.54) is 6.42 Å². The molecule has 2 amide bonds. The summed E-state index contributed by atoms with van der Waals surface area (Å²) in [4.78, 5) is 18.3. The first kappa shape index (κ1) is 36.3. The molecule has 2 aliphatic rings. The number of hydrogen-bond donors (Lipinski definition) is 2. The van der Waals surface area contributed by atoms with Gasteiger partial charge in [-0.2, -0.15) is 5.10 Å². The first-order chi connectivity index (χ1) is 25.6. The minimum Gasteiger partial charge on any atom is -0.492 e. The van der Waals surface area contributed by atoms with Gasteiger partial charge in [-0.1, -0.05) is 58.0 Å². The second-order valence-electron chi connectivity index (χ2n) is 15.4. The molecule has 0 saturated carbocycles. The molecule has 1 saturated heterocycles. The Morgan fingerprint density at radius 2 is 1.79 bits per heavy atom. The van der Waals surface area contributed by atoms with Crippen molar-refractivity contribution >= 4 is 23.4 Å². The molecule has 12 nitrogen and oxygen atoms in total. The van der Waals surface area contributed by atoms with Crippen LogP contribution >= 0.6 is 0 Å². The quantitative estimate of drug-likeness (QED) is 0.143. The van der Waals surface area contributed by atoms with E-state index in [-0.39, 0.29) is 23.6 Å². The van der Waals surface area contributed by atoms with Gasteiger partial charge < -0.3 is 24.6 Å². The first-order valence-electron chi connectivity index (χ1n) is 19.0. The second kappa shape index (κ2) is 15.5. The lowest BCUT2D eigenvalue weighted by atomic mass is 9.85. The van der Waals surface area contributed by atoms with E-state index in [9.17, 15) is 4.79 Å². The number of pyridine rings is 1. The van der Waals surface area contributed by atoms with Crippen molar-refractivity contribution < 1.29 is 14.3 Å². The molecular formula is C41H53N9O3. The molecule has 1 aliphatic heterocycles. The summed E-state index contributed by atoms with van der Waals surface area (Å²) >= 11 is 0. The van der Waals surface area contributed by atoms with Gasteiger partial charge in [-0.05, 0) is 88.0 Å². The molecule has 7 rings (SSSR count). The van der Waals surface area contributed by atoms with Crippen molar-refractivity contribution in [2.75, 3.05) is 43.5 Å². The average Bonchev–Trinajstić information content (AvgIpc) is 3.77. The summed E-state index contributed by atoms with van der Waals surface area (Å²) in [5, 5.41) is 20.3. The molecule has 0 spiro atoms. The van der Waals surface area contributed by atoms with Crippen molar-refractivity contribution in [2.45, 2.75) is 90.3 Å². The van der Waals surface area contributed by atoms with Crippen molar-refractivity contribution in [2.24, 2.45) is 0 Å². The van der Waals surface area contributed by atoms with E-state index in [4.69, 9.17) is 14.6 Å². The molecule has 5 aromatic rings. The zero-order valence-corrected chi connectivity index (χ0v) is 31.9. The molecule has 1 aliphatic carbocycles. The summed E-state index contributed by atoms with van der Waals surface area (Å²) in [7, 11) is 2.07. The Morgan fingerprint density at radius 3 is 2.58 bits per heavy atom. The minimum absolute atomic E-state index is 0.161. The highest BCUT2D eigenvalue weighted by Crippen LogP contribution is 2.39. The van der Waals surface area contributed by atoms with E-state index < -0.39 is 0 Å². The molecule has 53 heavy (non-hydrogen) atoms. The van der Waals surface area contributed by atoms with Gasteiger partial charge in [0.1, 0.15) is 30.0 Å². The molecule has 2 aromatic carbocycles. The lowest BCUT2D eigenvalue weighted by molar-refractivity contribution is 0.171. The first-order valence-corrected chi connectivity index (χ1v) is 19.0. The molecular weight excluding hydrogens is 667 g/mol. The lowest BCUT2D eigenvalue weighted by Crippen LogP contribution is -2.38. The number of piperidine rings is 1. The topological polar surface area (TPSA) is 114 Å². The van der Waals surface area contributed by atoms with E-state index >= 15 is 0 Å². The predicted octanol–water partition coefficient (Wildman–Crippen LogP) is 7.70. The highest BCUT2D eigenvalue weighted by atomic mass is 16.5. The summed E-state index contributed by atoms with van der Waals surface area (Å²) in [6.07, 6.45) is 6.86. The monoisotopic (exact) mass is 719 g/mol. The molecule has 0 radical (unpaired) electrons. The van der Waals surface area contributed by atoms with Crippen LogP contribution in [0.4, 0.5) is 16.6 Å². The Morgan fingerprint density at radius 1 is 0.962 bits per heavy atom. The molecule has 12 heteroatoms. The van der Waals surface area contributed by atoms with Crippen molar-refractivity contribution in [3.05, 3.63) is 89.7 Å². The molecule has 280 valence electrons. The van der Waals surface area contributed by atoms with Crippen LogP contribution in [0, 0.1) is 0 Å². The van der Waals surface area contributed by atoms with Crippen molar-refractivity contribution in [1.29, 1.82) is 0 Å². The van der Waals surface area contributed by atoms with E-state index in [0.717, 1.165) is 90.9 Å². The zero-order chi connectivity index (χ0) is 37.1. The fourth-order valence-corrected chi connectivity index (χ4v) is 7.23. The van der Waals surface area contributed by atoms with Crippen LogP contribution in [0.25, 0.3) is 11.3 Å². The number of likely N-dealkylation sites (N-methyl/N-ethyl adjacent to an activating group) is 1. The van der Waals surface area contributed by atoms with Crippen molar-refractivity contribution in [3.8, 4) is 17.2 Å². The van der Waals surface area contributed by atoms with Gasteiger partial charge in [-0.15, -0.1) is 10.2 Å². The maximum atomic E-state index is 13.7. The molecule has 3 atom stereocenters. The zero-order valence-electron chi connectivity index (χ0n) is 31.9. The maximum Gasteiger partial charge on any atom is 0.320 e. The van der Waals surface area contributed by atoms with Gasteiger partial charge in [0.15, 0.2) is 5.65 Å². The highest BCUT2D eigenvalue weighted by Gasteiger charge is 2.31. The van der Waals surface area contributed by atoms with E-state index in [2.05, 4.69) is 84.4 Å². The van der Waals surface area contributed by atoms with Gasteiger partial charge >= 0.3 is 6.03 Å². The highest BCUT2D eigenvalue weighted by molar-refractivity contribution is 5.89. The Hall–Kier alpha value is -5.10. The number of aromatic nitrogens is 5. The number of carbonyl (C=O) groups is 1. The SMILES string of the molecule is CCN(C)CCOc1cccc(-n2nc(C(C)(C)C)cc2NC(=O)N[C@H]2CC[C@@H](Oc3ccc4nnc(N5CCCC[C@@H]5C)n4c3)c3ccccc32)c1. The number of hydrogen-bond acceptors (Lipinski definition) is 8. The third kappa shape index (κ3) is 8.12. The van der Waals surface area contributed by atoms with Crippen LogP contribution in [0.1, 0.15) is 95.7 Å². The number of rotatable bonds is 11. The van der Waals surface area contributed by atoms with Gasteiger partial charge in [0.25, 0.3) is 0 Å². The summed E-state index contributed by atoms with van der Waals surface area (Å²) in [6.45, 7) is 14.1. The normalized spacial score (nSPS) is 18.9. The van der Waals surface area contributed by atoms with Crippen molar-refractivity contribution in [1.82, 2.24) is 34.6 Å². The number of carbonyl (C=O) groups excluding carboxylic acids is 1. The van der Waals surface area contributed by atoms with Crippen LogP contribution in [0.15, 0.2) is 72.9 Å². The number of fused-ring (bicyclic) bond motifs is 2. The third-order valence-corrected chi connectivity index (χ3v) is 10.5. The molecule has 1 fully saturated rings.